The lowest BCUT2D eigenvalue weighted by Gasteiger charge is -1.97. The summed E-state index contributed by atoms with van der Waals surface area (Å²) in [4.78, 5) is 9.97. The van der Waals surface area contributed by atoms with Crippen LogP contribution in [-0.2, 0) is 4.79 Å². The summed E-state index contributed by atoms with van der Waals surface area (Å²) in [6.07, 6.45) is 14.1. The normalized spacial score (nSPS) is 17.2. The fourth-order valence-electron chi connectivity index (χ4n) is 0.838. The van der Waals surface area contributed by atoms with Crippen molar-refractivity contribution in [3.63, 3.8) is 0 Å². The molecule has 1 rings (SSSR count). The van der Waals surface area contributed by atoms with Crippen molar-refractivity contribution >= 4 is 6.29 Å². The Labute approximate surface area is 60.7 Å². The van der Waals surface area contributed by atoms with Gasteiger partial charge >= 0.3 is 0 Å². The van der Waals surface area contributed by atoms with Crippen molar-refractivity contribution in [1.29, 1.82) is 0 Å². The van der Waals surface area contributed by atoms with Gasteiger partial charge in [0.05, 0.1) is 0 Å². The summed E-state index contributed by atoms with van der Waals surface area (Å²) in [6.45, 7) is 0. The van der Waals surface area contributed by atoms with Gasteiger partial charge in [-0.25, -0.2) is 0 Å². The topological polar surface area (TPSA) is 17.1 Å². The minimum atomic E-state index is 0.243. The van der Waals surface area contributed by atoms with E-state index in [0.717, 1.165) is 0 Å². The maximum absolute atomic E-state index is 9.97. The summed E-state index contributed by atoms with van der Waals surface area (Å²) in [7, 11) is 0. The molecule has 0 aromatic rings. The summed E-state index contributed by atoms with van der Waals surface area (Å²) in [5, 5.41) is 0. The maximum atomic E-state index is 9.97. The number of allylic oxidation sites excluding steroid dienone is 6. The molecule has 0 aliphatic heterocycles. The third-order valence-corrected chi connectivity index (χ3v) is 1.37. The van der Waals surface area contributed by atoms with Gasteiger partial charge in [-0.3, -0.25) is 4.79 Å². The van der Waals surface area contributed by atoms with Crippen molar-refractivity contribution < 1.29 is 4.79 Å². The van der Waals surface area contributed by atoms with Crippen LogP contribution in [0, 0.1) is 5.92 Å². The van der Waals surface area contributed by atoms with Crippen LogP contribution in [0.3, 0.4) is 0 Å². The average molecular weight is 133 g/mol. The van der Waals surface area contributed by atoms with Crippen LogP contribution >= 0.6 is 0 Å². The van der Waals surface area contributed by atoms with Gasteiger partial charge in [0, 0.05) is 12.3 Å². The molecular weight excluding hydrogens is 124 g/mol. The summed E-state index contributed by atoms with van der Waals surface area (Å²) < 4.78 is 0. The molecule has 51 valence electrons. The van der Waals surface area contributed by atoms with Crippen LogP contribution < -0.4 is 0 Å². The molecule has 0 amide bonds. The standard InChI is InChI=1S/C9H9O/c10-8-7-9-5-3-1-2-4-6-9/h1-6,9H,7H2. The minimum Gasteiger partial charge on any atom is -0.291 e. The first-order valence-corrected chi connectivity index (χ1v) is 3.30. The molecule has 0 aromatic carbocycles. The van der Waals surface area contributed by atoms with Crippen LogP contribution in [0.15, 0.2) is 36.5 Å². The van der Waals surface area contributed by atoms with Gasteiger partial charge in [0.2, 0.25) is 0 Å². The van der Waals surface area contributed by atoms with Crippen molar-refractivity contribution in [1.82, 2.24) is 0 Å². The molecule has 0 saturated carbocycles. The van der Waals surface area contributed by atoms with E-state index in [4.69, 9.17) is 0 Å². The number of carbonyl (C=O) groups excluding carboxylic acids is 1. The van der Waals surface area contributed by atoms with E-state index < -0.39 is 0 Å². The molecule has 0 spiro atoms. The second-order valence-electron chi connectivity index (χ2n) is 2.17. The van der Waals surface area contributed by atoms with Crippen molar-refractivity contribution in [2.45, 2.75) is 6.42 Å². The second kappa shape index (κ2) is 3.83. The number of hydrogen-bond donors (Lipinski definition) is 0. The molecule has 10 heavy (non-hydrogen) atoms. The van der Waals surface area contributed by atoms with Crippen molar-refractivity contribution in [3.8, 4) is 0 Å². The lowest BCUT2D eigenvalue weighted by molar-refractivity contribution is 0.546. The van der Waals surface area contributed by atoms with Gasteiger partial charge in [-0.1, -0.05) is 36.5 Å². The predicted molar refractivity (Wildman–Crippen MR) is 41.2 cm³/mol. The van der Waals surface area contributed by atoms with Gasteiger partial charge in [0.1, 0.15) is 0 Å². The molecule has 1 radical (unpaired) electrons. The van der Waals surface area contributed by atoms with Crippen molar-refractivity contribution in [2.24, 2.45) is 5.92 Å². The summed E-state index contributed by atoms with van der Waals surface area (Å²) >= 11 is 0. The van der Waals surface area contributed by atoms with Gasteiger partial charge in [0.25, 0.3) is 0 Å². The molecule has 0 fully saturated rings. The van der Waals surface area contributed by atoms with E-state index in [1.165, 1.54) is 0 Å². The van der Waals surface area contributed by atoms with E-state index in [0.29, 0.717) is 6.42 Å². The van der Waals surface area contributed by atoms with Crippen LogP contribution in [0.5, 0.6) is 0 Å². The van der Waals surface area contributed by atoms with E-state index in [1.807, 2.05) is 42.7 Å². The molecule has 0 bridgehead atoms. The van der Waals surface area contributed by atoms with Gasteiger partial charge in [-0.15, -0.1) is 0 Å². The molecule has 1 nitrogen and oxygen atoms in total. The lowest BCUT2D eigenvalue weighted by atomic mass is 10.1. The molecule has 0 saturated heterocycles. The summed E-state index contributed by atoms with van der Waals surface area (Å²) in [5.41, 5.74) is 0. The highest BCUT2D eigenvalue weighted by atomic mass is 16.1. The first-order valence-electron chi connectivity index (χ1n) is 3.30. The molecule has 1 aliphatic rings. The zero-order valence-corrected chi connectivity index (χ0v) is 5.66. The van der Waals surface area contributed by atoms with E-state index in [2.05, 4.69) is 0 Å². The Bertz CT molecular complexity index is 171. The van der Waals surface area contributed by atoms with Crippen LogP contribution in [0.1, 0.15) is 6.42 Å². The predicted octanol–water partition coefficient (Wildman–Crippen LogP) is 1.78. The zero-order chi connectivity index (χ0) is 7.23. The van der Waals surface area contributed by atoms with Crippen molar-refractivity contribution in [3.05, 3.63) is 36.5 Å². The Morgan fingerprint density at radius 1 is 1.10 bits per heavy atom. The van der Waals surface area contributed by atoms with Gasteiger partial charge in [-0.2, -0.15) is 0 Å². The van der Waals surface area contributed by atoms with Gasteiger partial charge in [-0.05, 0) is 0 Å². The Hall–Kier alpha value is -1.11. The zero-order valence-electron chi connectivity index (χ0n) is 5.66. The molecule has 1 heteroatoms. The minimum absolute atomic E-state index is 0.243. The van der Waals surface area contributed by atoms with Gasteiger partial charge in [0.15, 0.2) is 6.29 Å². The Morgan fingerprint density at radius 2 is 1.70 bits per heavy atom. The summed E-state index contributed by atoms with van der Waals surface area (Å²) in [5.74, 6) is 0.243. The van der Waals surface area contributed by atoms with E-state index >= 15 is 0 Å². The molecule has 0 unspecified atom stereocenters. The van der Waals surface area contributed by atoms with E-state index in [-0.39, 0.29) is 5.92 Å². The third kappa shape index (κ3) is 2.02. The molecular formula is C9H9O. The first-order chi connectivity index (χ1) is 4.93. The van der Waals surface area contributed by atoms with E-state index in [1.54, 1.807) is 0 Å². The van der Waals surface area contributed by atoms with Gasteiger partial charge < -0.3 is 0 Å². The molecule has 0 aromatic heterocycles. The van der Waals surface area contributed by atoms with Crippen LogP contribution in [0.4, 0.5) is 0 Å². The van der Waals surface area contributed by atoms with E-state index in [9.17, 15) is 4.79 Å². The molecule has 0 atom stereocenters. The lowest BCUT2D eigenvalue weighted by Crippen LogP contribution is -1.90. The summed E-state index contributed by atoms with van der Waals surface area (Å²) in [6, 6.07) is 0. The third-order valence-electron chi connectivity index (χ3n) is 1.37. The van der Waals surface area contributed by atoms with Crippen LogP contribution in [-0.4, -0.2) is 6.29 Å². The molecule has 0 heterocycles. The largest absolute Gasteiger partial charge is 0.291 e. The quantitative estimate of drug-likeness (QED) is 0.561. The Balaban J connectivity index is 2.54. The fraction of sp³-hybridized carbons (Fsp3) is 0.222. The highest BCUT2D eigenvalue weighted by molar-refractivity contribution is 5.52. The molecule has 0 N–H and O–H groups in total. The fourth-order valence-corrected chi connectivity index (χ4v) is 0.838. The number of rotatable bonds is 2. The average Bonchev–Trinajstić information content (AvgIpc) is 2.17. The Morgan fingerprint density at radius 3 is 2.20 bits per heavy atom. The van der Waals surface area contributed by atoms with Crippen molar-refractivity contribution in [2.75, 3.05) is 0 Å². The SMILES string of the molecule is O=[C]CC1C=CC=CC=C1. The van der Waals surface area contributed by atoms with Crippen LogP contribution in [0.2, 0.25) is 0 Å². The highest BCUT2D eigenvalue weighted by Crippen LogP contribution is 2.07. The second-order valence-corrected chi connectivity index (χ2v) is 2.17. The first kappa shape index (κ1) is 7.00. The van der Waals surface area contributed by atoms with Crippen LogP contribution in [0.25, 0.3) is 0 Å². The maximum Gasteiger partial charge on any atom is 0.199 e. The molecule has 1 aliphatic carbocycles. The number of hydrogen-bond acceptors (Lipinski definition) is 1. The monoisotopic (exact) mass is 133 g/mol. The highest BCUT2D eigenvalue weighted by Gasteiger charge is 1.98. The Kier molecular flexibility index (Phi) is 2.68. The smallest absolute Gasteiger partial charge is 0.199 e.